The van der Waals surface area contributed by atoms with Gasteiger partial charge < -0.3 is 46.9 Å². The van der Waals surface area contributed by atoms with Crippen LogP contribution in [0.3, 0.4) is 0 Å². The molecular weight excluding hydrogens is 867 g/mol. The number of likely N-dealkylation sites (tertiary alicyclic amines) is 1. The predicted octanol–water partition coefficient (Wildman–Crippen LogP) is 5.95. The molecule has 5 heterocycles. The van der Waals surface area contributed by atoms with Crippen LogP contribution in [0.15, 0.2) is 60.9 Å². The summed E-state index contributed by atoms with van der Waals surface area (Å²) in [5.74, 6) is 3.44. The van der Waals surface area contributed by atoms with Crippen LogP contribution in [-0.2, 0) is 27.3 Å². The molecule has 0 radical (unpaired) electrons. The molecule has 9 rings (SSSR count). The Bertz CT molecular complexity index is 2590. The maximum absolute atomic E-state index is 14.2. The van der Waals surface area contributed by atoms with Crippen molar-refractivity contribution >= 4 is 46.9 Å². The number of piperazine rings is 1. The summed E-state index contributed by atoms with van der Waals surface area (Å²) in [6.07, 6.45) is 19.5. The van der Waals surface area contributed by atoms with Gasteiger partial charge in [0.15, 0.2) is 0 Å². The number of amides is 3. The number of phenolic OH excluding ortho intramolecular Hbond substituents is 1. The fourth-order valence-corrected chi connectivity index (χ4v) is 11.8. The van der Waals surface area contributed by atoms with Crippen molar-refractivity contribution < 1.29 is 19.5 Å². The average Bonchev–Trinajstić information content (AvgIpc) is 3.96. The molecule has 3 amide bonds. The number of para-hydroxylation sites is 1. The van der Waals surface area contributed by atoms with Crippen LogP contribution in [0.1, 0.15) is 119 Å². The van der Waals surface area contributed by atoms with Gasteiger partial charge in [-0.1, -0.05) is 51.0 Å². The third-order valence-corrected chi connectivity index (χ3v) is 15.8. The van der Waals surface area contributed by atoms with E-state index in [1.165, 1.54) is 0 Å². The van der Waals surface area contributed by atoms with E-state index in [2.05, 4.69) is 43.2 Å². The van der Waals surface area contributed by atoms with Crippen molar-refractivity contribution in [3.63, 3.8) is 0 Å². The van der Waals surface area contributed by atoms with Gasteiger partial charge in [0.25, 0.3) is 0 Å². The van der Waals surface area contributed by atoms with Crippen LogP contribution in [0.5, 0.6) is 5.75 Å². The first kappa shape index (κ1) is 47.5. The Morgan fingerprint density at radius 2 is 1.67 bits per heavy atom. The molecule has 4 aromatic rings. The number of phenols is 1. The number of aromatic nitrogens is 3. The number of nitrogens with two attached hydrogens (primary N) is 2. The normalized spacial score (nSPS) is 24.6. The number of aromatic amines is 1. The van der Waals surface area contributed by atoms with Crippen molar-refractivity contribution in [1.29, 1.82) is 0 Å². The highest BCUT2D eigenvalue weighted by atomic mass is 16.3. The van der Waals surface area contributed by atoms with Crippen molar-refractivity contribution in [3.8, 4) is 18.1 Å². The quantitative estimate of drug-likeness (QED) is 0.0971. The summed E-state index contributed by atoms with van der Waals surface area (Å²) in [5, 5.41) is 16.6. The molecule has 0 bridgehead atoms. The zero-order valence-electron chi connectivity index (χ0n) is 40.6. The zero-order valence-corrected chi connectivity index (χ0v) is 40.6. The van der Waals surface area contributed by atoms with E-state index in [-0.39, 0.29) is 40.8 Å². The minimum absolute atomic E-state index is 0.0422. The van der Waals surface area contributed by atoms with Crippen LogP contribution in [0, 0.1) is 29.1 Å². The van der Waals surface area contributed by atoms with Gasteiger partial charge >= 0.3 is 0 Å². The van der Waals surface area contributed by atoms with Crippen molar-refractivity contribution in [2.45, 2.75) is 116 Å². The second kappa shape index (κ2) is 19.5. The maximum Gasteiger partial charge on any atom is 0.246 e. The molecule has 8 N–H and O–H groups in total. The highest BCUT2D eigenvalue weighted by Gasteiger charge is 2.51. The van der Waals surface area contributed by atoms with Crippen LogP contribution in [-0.4, -0.2) is 105 Å². The van der Waals surface area contributed by atoms with Crippen molar-refractivity contribution in [3.05, 3.63) is 94.4 Å². The molecule has 2 saturated carbocycles. The molecule has 2 aromatic carbocycles. The van der Waals surface area contributed by atoms with Gasteiger partial charge in [-0.25, -0.2) is 9.97 Å². The summed E-state index contributed by atoms with van der Waals surface area (Å²) in [6, 6.07) is 13.7. The Hall–Kier alpha value is -6.53. The SMILES string of the molecule is C#Cc1ccc(CNC(=O)C2CCCN2C(=O)C(NC(=O)C2CC3(CCC(N4CCN(c5cnc(N6CCc7[nH]c(N)c(/C=C(\N)c8ccccc8O)c7C6C)nc5)CC4)CC3)C2)C(C)(C)C)cc1. The summed E-state index contributed by atoms with van der Waals surface area (Å²) in [4.78, 5) is 63.4. The summed E-state index contributed by atoms with van der Waals surface area (Å²) in [7, 11) is 0. The van der Waals surface area contributed by atoms with Gasteiger partial charge in [-0.05, 0) is 105 Å². The number of nitrogens with zero attached hydrogens (tertiary/aromatic N) is 6. The van der Waals surface area contributed by atoms with Gasteiger partial charge in [-0.3, -0.25) is 19.3 Å². The number of carbonyl (C=O) groups is 3. The van der Waals surface area contributed by atoms with Gasteiger partial charge in [-0.15, -0.1) is 6.42 Å². The van der Waals surface area contributed by atoms with E-state index in [0.717, 1.165) is 118 Å². The number of anilines is 3. The zero-order chi connectivity index (χ0) is 48.6. The molecule has 2 aliphatic carbocycles. The standard InChI is InChI=1S/C54H69N11O4/c1-6-35-13-15-36(16-14-35)31-57-50(68)44-11-9-22-65(44)51(69)47(53(3,4)5)61-49(67)37-29-54(30-37)20-17-38(18-21-54)62-24-26-63(27-25-62)39-32-58-52(59-33-39)64-23-19-43-46(34(64)2)41(48(56)60-43)28-42(55)40-10-7-8-12-45(40)66/h1,7-8,10,12-16,28,32-34,37-38,44,47,60,66H,9,11,17-27,29-31,55-56H2,2-5H3,(H,57,68)(H,61,67)/b42-28-. The molecule has 4 fully saturated rings. The lowest BCUT2D eigenvalue weighted by Gasteiger charge is -2.53. The monoisotopic (exact) mass is 936 g/mol. The molecule has 2 aromatic heterocycles. The first-order chi connectivity index (χ1) is 33.1. The van der Waals surface area contributed by atoms with Crippen molar-refractivity contribution in [1.82, 2.24) is 35.4 Å². The number of aromatic hydroxyl groups is 1. The molecule has 3 aliphatic heterocycles. The molecule has 5 aliphatic rings. The topological polar surface area (TPSA) is 202 Å². The first-order valence-corrected chi connectivity index (χ1v) is 24.9. The Morgan fingerprint density at radius 1 is 0.971 bits per heavy atom. The Labute approximate surface area is 406 Å². The lowest BCUT2D eigenvalue weighted by molar-refractivity contribution is -0.146. The summed E-state index contributed by atoms with van der Waals surface area (Å²) < 4.78 is 0. The van der Waals surface area contributed by atoms with E-state index in [0.29, 0.717) is 48.6 Å². The highest BCUT2D eigenvalue weighted by Crippen LogP contribution is 2.55. The number of rotatable bonds is 11. The molecule has 364 valence electrons. The molecule has 3 atom stereocenters. The fraction of sp³-hybridized carbons (Fsp3) is 0.500. The molecule has 3 unspecified atom stereocenters. The Morgan fingerprint density at radius 3 is 2.33 bits per heavy atom. The van der Waals surface area contributed by atoms with Crippen LogP contribution in [0.25, 0.3) is 11.8 Å². The van der Waals surface area contributed by atoms with Gasteiger partial charge in [0.1, 0.15) is 23.7 Å². The highest BCUT2D eigenvalue weighted by molar-refractivity contribution is 5.93. The molecule has 15 nitrogen and oxygen atoms in total. The minimum atomic E-state index is -0.724. The fourth-order valence-electron chi connectivity index (χ4n) is 11.8. The summed E-state index contributed by atoms with van der Waals surface area (Å²) >= 11 is 0. The van der Waals surface area contributed by atoms with E-state index in [4.69, 9.17) is 27.9 Å². The lowest BCUT2D eigenvalue weighted by atomic mass is 9.55. The number of nitrogen functional groups attached to an aromatic ring is 1. The molecule has 15 heteroatoms. The lowest BCUT2D eigenvalue weighted by Crippen LogP contribution is -2.60. The Balaban J connectivity index is 0.732. The van der Waals surface area contributed by atoms with Gasteiger partial charge in [0, 0.05) is 97.8 Å². The smallest absolute Gasteiger partial charge is 0.246 e. The van der Waals surface area contributed by atoms with Gasteiger partial charge in [-0.2, -0.15) is 0 Å². The number of carbonyl (C=O) groups excluding carboxylic acids is 3. The number of H-pyrrole nitrogens is 1. The molecule has 69 heavy (non-hydrogen) atoms. The minimum Gasteiger partial charge on any atom is -0.507 e. The largest absolute Gasteiger partial charge is 0.507 e. The number of hydrogen-bond donors (Lipinski definition) is 6. The first-order valence-electron chi connectivity index (χ1n) is 24.9. The molecule has 2 saturated heterocycles. The van der Waals surface area contributed by atoms with Gasteiger partial charge in [0.2, 0.25) is 23.7 Å². The summed E-state index contributed by atoms with van der Waals surface area (Å²) in [5.41, 5.74) is 19.3. The molecule has 1 spiro atoms. The van der Waals surface area contributed by atoms with Crippen LogP contribution < -0.4 is 31.9 Å². The van der Waals surface area contributed by atoms with E-state index in [9.17, 15) is 19.5 Å². The van der Waals surface area contributed by atoms with E-state index in [1.54, 1.807) is 23.1 Å². The number of fused-ring (bicyclic) bond motifs is 1. The van der Waals surface area contributed by atoms with E-state index < -0.39 is 17.5 Å². The third-order valence-electron chi connectivity index (χ3n) is 15.8. The average molecular weight is 936 g/mol. The Kier molecular flexibility index (Phi) is 13.4. The van der Waals surface area contributed by atoms with E-state index in [1.807, 2.05) is 69.6 Å². The summed E-state index contributed by atoms with van der Waals surface area (Å²) in [6.45, 7) is 13.4. The van der Waals surface area contributed by atoms with E-state index >= 15 is 0 Å². The third kappa shape index (κ3) is 9.86. The number of hydrogen-bond acceptors (Lipinski definition) is 11. The van der Waals surface area contributed by atoms with Crippen LogP contribution in [0.4, 0.5) is 17.5 Å². The number of terminal acetylenes is 1. The number of benzene rings is 2. The van der Waals surface area contributed by atoms with Crippen molar-refractivity contribution in [2.24, 2.45) is 22.5 Å². The van der Waals surface area contributed by atoms with Gasteiger partial charge in [0.05, 0.1) is 24.1 Å². The predicted molar refractivity (Wildman–Crippen MR) is 270 cm³/mol. The van der Waals surface area contributed by atoms with Crippen molar-refractivity contribution in [2.75, 3.05) is 54.8 Å². The van der Waals surface area contributed by atoms with Crippen LogP contribution >= 0.6 is 0 Å². The second-order valence-electron chi connectivity index (χ2n) is 21.2. The maximum atomic E-state index is 14.2. The second-order valence-corrected chi connectivity index (χ2v) is 21.2. The number of nitrogens with one attached hydrogen (secondary N) is 3. The molecular formula is C54H69N11O4. The van der Waals surface area contributed by atoms with Crippen LogP contribution in [0.2, 0.25) is 0 Å².